The highest BCUT2D eigenvalue weighted by Crippen LogP contribution is 2.54. The van der Waals surface area contributed by atoms with E-state index in [1.807, 2.05) is 19.2 Å². The molecule has 1 aromatic heterocycles. The van der Waals surface area contributed by atoms with Gasteiger partial charge in [-0.1, -0.05) is 13.8 Å². The highest BCUT2D eigenvalue weighted by Gasteiger charge is 2.60. The number of hydrogen-bond donors (Lipinski definition) is 1. The number of fused-ring (bicyclic) bond motifs is 1. The van der Waals surface area contributed by atoms with E-state index in [0.29, 0.717) is 31.2 Å². The van der Waals surface area contributed by atoms with Crippen LogP contribution in [0.5, 0.6) is 0 Å². The number of amides is 1. The molecule has 116 valence electrons. The minimum absolute atomic E-state index is 0.0343. The van der Waals surface area contributed by atoms with E-state index in [2.05, 4.69) is 24.1 Å². The lowest BCUT2D eigenvalue weighted by atomic mass is 9.57. The number of ether oxygens (including phenoxy) is 1. The molecule has 1 N–H and O–H groups in total. The number of likely N-dealkylation sites (N-methyl/N-ethyl adjacent to an activating group) is 1. The molecule has 1 aromatic rings. The monoisotopic (exact) mass is 292 g/mol. The Hall–Kier alpha value is -1.33. The van der Waals surface area contributed by atoms with Crippen LogP contribution in [0.25, 0.3) is 0 Å². The van der Waals surface area contributed by atoms with Gasteiger partial charge in [-0.2, -0.15) is 0 Å². The van der Waals surface area contributed by atoms with Crippen molar-refractivity contribution in [1.82, 2.24) is 10.2 Å². The molecule has 21 heavy (non-hydrogen) atoms. The molecule has 2 fully saturated rings. The van der Waals surface area contributed by atoms with Gasteiger partial charge in [0.15, 0.2) is 0 Å². The summed E-state index contributed by atoms with van der Waals surface area (Å²) in [5, 5.41) is 2.90. The van der Waals surface area contributed by atoms with Crippen LogP contribution in [0.15, 0.2) is 22.8 Å². The van der Waals surface area contributed by atoms with Crippen LogP contribution in [0.1, 0.15) is 26.0 Å². The van der Waals surface area contributed by atoms with Gasteiger partial charge in [0.25, 0.3) is 0 Å². The molecule has 0 bridgehead atoms. The second kappa shape index (κ2) is 5.46. The normalized spacial score (nSPS) is 30.0. The molecular weight excluding hydrogens is 268 g/mol. The summed E-state index contributed by atoms with van der Waals surface area (Å²) in [5.41, 5.74) is 0.122. The second-order valence-electron chi connectivity index (χ2n) is 6.78. The van der Waals surface area contributed by atoms with Gasteiger partial charge in [-0.25, -0.2) is 0 Å². The van der Waals surface area contributed by atoms with Crippen LogP contribution in [-0.4, -0.2) is 43.2 Å². The fourth-order valence-corrected chi connectivity index (χ4v) is 4.17. The van der Waals surface area contributed by atoms with Crippen molar-refractivity contribution in [2.45, 2.75) is 39.0 Å². The Labute approximate surface area is 125 Å². The molecule has 3 atom stereocenters. The number of carbonyl (C=O) groups is 1. The summed E-state index contributed by atoms with van der Waals surface area (Å²) in [5.74, 6) is 1.38. The molecule has 0 aromatic carbocycles. The lowest BCUT2D eigenvalue weighted by molar-refractivity contribution is -0.154. The summed E-state index contributed by atoms with van der Waals surface area (Å²) in [7, 11) is 2.04. The Bertz CT molecular complexity index is 498. The van der Waals surface area contributed by atoms with Gasteiger partial charge in [0.05, 0.1) is 25.5 Å². The zero-order valence-electron chi connectivity index (χ0n) is 13.0. The molecule has 0 radical (unpaired) electrons. The third-order valence-electron chi connectivity index (χ3n) is 4.95. The summed E-state index contributed by atoms with van der Waals surface area (Å²) in [6.45, 7) is 6.19. The van der Waals surface area contributed by atoms with Crippen LogP contribution in [0, 0.1) is 11.3 Å². The third kappa shape index (κ3) is 2.60. The summed E-state index contributed by atoms with van der Waals surface area (Å²) in [4.78, 5) is 14.2. The van der Waals surface area contributed by atoms with Crippen molar-refractivity contribution in [3.05, 3.63) is 24.2 Å². The molecule has 0 unspecified atom stereocenters. The Balaban J connectivity index is 1.51. The second-order valence-corrected chi connectivity index (χ2v) is 6.78. The number of furan rings is 1. The molecule has 1 saturated heterocycles. The minimum atomic E-state index is 0.0343. The Kier molecular flexibility index (Phi) is 3.80. The maximum absolute atomic E-state index is 12.1. The quantitative estimate of drug-likeness (QED) is 0.896. The van der Waals surface area contributed by atoms with Gasteiger partial charge in [-0.15, -0.1) is 0 Å². The van der Waals surface area contributed by atoms with Crippen molar-refractivity contribution in [3.63, 3.8) is 0 Å². The predicted octanol–water partition coefficient (Wildman–Crippen LogP) is 1.64. The molecule has 2 aliphatic rings. The fraction of sp³-hybridized carbons (Fsp3) is 0.688. The van der Waals surface area contributed by atoms with Crippen LogP contribution in [-0.2, 0) is 16.1 Å². The van der Waals surface area contributed by atoms with E-state index >= 15 is 0 Å². The SMILES string of the molecule is CN(CC(=O)NCc1ccco1)[C@@H]1[C@H]2CCO[C@H]2C1(C)C. The van der Waals surface area contributed by atoms with E-state index in [0.717, 1.165) is 18.8 Å². The number of rotatable bonds is 5. The summed E-state index contributed by atoms with van der Waals surface area (Å²) >= 11 is 0. The van der Waals surface area contributed by atoms with Gasteiger partial charge >= 0.3 is 0 Å². The zero-order chi connectivity index (χ0) is 15.0. The molecule has 1 aliphatic carbocycles. The Morgan fingerprint density at radius 1 is 1.52 bits per heavy atom. The van der Waals surface area contributed by atoms with Crippen molar-refractivity contribution < 1.29 is 13.9 Å². The van der Waals surface area contributed by atoms with E-state index < -0.39 is 0 Å². The van der Waals surface area contributed by atoms with Crippen molar-refractivity contribution in [2.75, 3.05) is 20.2 Å². The lowest BCUT2D eigenvalue weighted by Crippen LogP contribution is -2.66. The van der Waals surface area contributed by atoms with E-state index in [9.17, 15) is 4.79 Å². The maximum atomic E-state index is 12.1. The maximum Gasteiger partial charge on any atom is 0.234 e. The molecule has 5 heteroatoms. The molecule has 5 nitrogen and oxygen atoms in total. The number of hydrogen-bond acceptors (Lipinski definition) is 4. The van der Waals surface area contributed by atoms with Crippen molar-refractivity contribution in [2.24, 2.45) is 11.3 Å². The summed E-state index contributed by atoms with van der Waals surface area (Å²) < 4.78 is 11.0. The fourth-order valence-electron chi connectivity index (χ4n) is 4.17. The van der Waals surface area contributed by atoms with E-state index in [1.165, 1.54) is 0 Å². The van der Waals surface area contributed by atoms with Crippen molar-refractivity contribution in [1.29, 1.82) is 0 Å². The van der Waals surface area contributed by atoms with E-state index in [4.69, 9.17) is 9.15 Å². The van der Waals surface area contributed by atoms with Crippen LogP contribution >= 0.6 is 0 Å². The first-order valence-corrected chi connectivity index (χ1v) is 7.61. The molecule has 1 saturated carbocycles. The average molecular weight is 292 g/mol. The largest absolute Gasteiger partial charge is 0.467 e. The van der Waals surface area contributed by atoms with Crippen molar-refractivity contribution >= 4 is 5.91 Å². The Morgan fingerprint density at radius 3 is 3.05 bits per heavy atom. The highest BCUT2D eigenvalue weighted by atomic mass is 16.5. The van der Waals surface area contributed by atoms with Gasteiger partial charge in [-0.3, -0.25) is 9.69 Å². The van der Waals surface area contributed by atoms with E-state index in [-0.39, 0.29) is 11.3 Å². The van der Waals surface area contributed by atoms with Crippen molar-refractivity contribution in [3.8, 4) is 0 Å². The predicted molar refractivity (Wildman–Crippen MR) is 78.6 cm³/mol. The molecule has 3 rings (SSSR count). The van der Waals surface area contributed by atoms with E-state index in [1.54, 1.807) is 6.26 Å². The zero-order valence-corrected chi connectivity index (χ0v) is 13.0. The third-order valence-corrected chi connectivity index (χ3v) is 4.95. The minimum Gasteiger partial charge on any atom is -0.467 e. The van der Waals surface area contributed by atoms with Gasteiger partial charge in [-0.05, 0) is 25.6 Å². The lowest BCUT2D eigenvalue weighted by Gasteiger charge is -2.57. The molecule has 1 amide bonds. The van der Waals surface area contributed by atoms with Gasteiger partial charge < -0.3 is 14.5 Å². The first-order valence-electron chi connectivity index (χ1n) is 7.61. The first kappa shape index (κ1) is 14.6. The molecule has 2 heterocycles. The molecule has 1 aliphatic heterocycles. The smallest absolute Gasteiger partial charge is 0.234 e. The number of carbonyl (C=O) groups excluding carboxylic acids is 1. The molecular formula is C16H24N2O3. The highest BCUT2D eigenvalue weighted by molar-refractivity contribution is 5.78. The topological polar surface area (TPSA) is 54.7 Å². The molecule has 0 spiro atoms. The first-order chi connectivity index (χ1) is 10.00. The van der Waals surface area contributed by atoms with Crippen LogP contribution < -0.4 is 5.32 Å². The van der Waals surface area contributed by atoms with Crippen LogP contribution in [0.2, 0.25) is 0 Å². The van der Waals surface area contributed by atoms with Crippen LogP contribution in [0.3, 0.4) is 0 Å². The number of nitrogens with one attached hydrogen (secondary N) is 1. The summed E-state index contributed by atoms with van der Waals surface area (Å²) in [6, 6.07) is 4.10. The standard InChI is InChI=1S/C16H24N2O3/c1-16(2)14(12-6-8-21-15(12)16)18(3)10-13(19)17-9-11-5-4-7-20-11/h4-5,7,12,14-15H,6,8-10H2,1-3H3,(H,17,19)/t12-,14-,15-/m1/s1. The number of nitrogens with zero attached hydrogens (tertiary/aromatic N) is 1. The van der Waals surface area contributed by atoms with Crippen LogP contribution in [0.4, 0.5) is 0 Å². The van der Waals surface area contributed by atoms with Gasteiger partial charge in [0.2, 0.25) is 5.91 Å². The average Bonchev–Trinajstić information content (AvgIpc) is 3.05. The Morgan fingerprint density at radius 2 is 2.33 bits per heavy atom. The van der Waals surface area contributed by atoms with Gasteiger partial charge in [0, 0.05) is 24.0 Å². The summed E-state index contributed by atoms with van der Waals surface area (Å²) in [6.07, 6.45) is 3.08. The van der Waals surface area contributed by atoms with Gasteiger partial charge in [0.1, 0.15) is 5.76 Å².